The van der Waals surface area contributed by atoms with E-state index < -0.39 is 0 Å². The summed E-state index contributed by atoms with van der Waals surface area (Å²) >= 11 is 0. The molecule has 1 saturated heterocycles. The summed E-state index contributed by atoms with van der Waals surface area (Å²) in [6.07, 6.45) is 13.7. The molecule has 1 aliphatic carbocycles. The summed E-state index contributed by atoms with van der Waals surface area (Å²) in [5, 5.41) is 6.11. The third-order valence-electron chi connectivity index (χ3n) is 6.04. The first-order chi connectivity index (χ1) is 14.1. The first kappa shape index (κ1) is 21.6. The summed E-state index contributed by atoms with van der Waals surface area (Å²) < 4.78 is 13.1. The predicted molar refractivity (Wildman–Crippen MR) is 113 cm³/mol. The number of carbonyl (C=O) groups excluding carboxylic acids is 2. The van der Waals surface area contributed by atoms with Crippen molar-refractivity contribution in [3.8, 4) is 0 Å². The summed E-state index contributed by atoms with van der Waals surface area (Å²) in [7, 11) is 0. The van der Waals surface area contributed by atoms with Gasteiger partial charge in [0.25, 0.3) is 0 Å². The molecule has 160 valence electrons. The lowest BCUT2D eigenvalue weighted by atomic mass is 9.98. The van der Waals surface area contributed by atoms with E-state index in [9.17, 15) is 14.0 Å². The van der Waals surface area contributed by atoms with E-state index >= 15 is 0 Å². The number of nitrogens with zero attached hydrogens (tertiary/aromatic N) is 1. The molecule has 1 aromatic carbocycles. The highest BCUT2D eigenvalue weighted by molar-refractivity contribution is 5.96. The third-order valence-corrected chi connectivity index (χ3v) is 6.04. The van der Waals surface area contributed by atoms with Crippen LogP contribution in [-0.4, -0.2) is 30.6 Å². The molecule has 2 aliphatic rings. The van der Waals surface area contributed by atoms with E-state index in [-0.39, 0.29) is 36.3 Å². The molecule has 2 fully saturated rings. The number of rotatable bonds is 3. The van der Waals surface area contributed by atoms with Gasteiger partial charge >= 0.3 is 6.03 Å². The molecule has 1 aliphatic heterocycles. The molecule has 2 N–H and O–H groups in total. The normalized spacial score (nSPS) is 22.6. The van der Waals surface area contributed by atoms with Gasteiger partial charge in [0.1, 0.15) is 5.82 Å². The van der Waals surface area contributed by atoms with Crippen molar-refractivity contribution in [1.82, 2.24) is 10.6 Å². The van der Waals surface area contributed by atoms with Gasteiger partial charge in [-0.2, -0.15) is 0 Å². The predicted octanol–water partition coefficient (Wildman–Crippen LogP) is 4.90. The number of anilines is 1. The smallest absolute Gasteiger partial charge is 0.315 e. The number of carbonyl (C=O) groups is 2. The lowest BCUT2D eigenvalue weighted by Gasteiger charge is -2.22. The molecule has 29 heavy (non-hydrogen) atoms. The first-order valence-corrected chi connectivity index (χ1v) is 11.2. The minimum absolute atomic E-state index is 0.0482. The average molecular weight is 404 g/mol. The Kier molecular flexibility index (Phi) is 8.32. The van der Waals surface area contributed by atoms with Gasteiger partial charge in [-0.1, -0.05) is 57.8 Å². The van der Waals surface area contributed by atoms with E-state index in [2.05, 4.69) is 10.6 Å². The van der Waals surface area contributed by atoms with Crippen LogP contribution < -0.4 is 15.5 Å². The van der Waals surface area contributed by atoms with Crippen LogP contribution in [0.25, 0.3) is 0 Å². The zero-order chi connectivity index (χ0) is 20.5. The monoisotopic (exact) mass is 403 g/mol. The Morgan fingerprint density at radius 3 is 1.93 bits per heavy atom. The Morgan fingerprint density at radius 2 is 1.34 bits per heavy atom. The number of halogens is 1. The minimum atomic E-state index is -0.327. The van der Waals surface area contributed by atoms with Gasteiger partial charge in [0, 0.05) is 24.7 Å². The molecule has 0 radical (unpaired) electrons. The van der Waals surface area contributed by atoms with Crippen molar-refractivity contribution in [2.24, 2.45) is 0 Å². The fourth-order valence-corrected chi connectivity index (χ4v) is 4.39. The topological polar surface area (TPSA) is 61.4 Å². The summed E-state index contributed by atoms with van der Waals surface area (Å²) in [6.45, 7) is 0.419. The summed E-state index contributed by atoms with van der Waals surface area (Å²) in [4.78, 5) is 26.5. The Bertz CT molecular complexity index is 653. The number of urea groups is 1. The van der Waals surface area contributed by atoms with Gasteiger partial charge in [-0.3, -0.25) is 4.79 Å². The number of benzene rings is 1. The molecule has 0 bridgehead atoms. The highest BCUT2D eigenvalue weighted by Gasteiger charge is 2.31. The first-order valence-electron chi connectivity index (χ1n) is 11.2. The molecule has 1 saturated carbocycles. The highest BCUT2D eigenvalue weighted by Crippen LogP contribution is 2.22. The van der Waals surface area contributed by atoms with Crippen LogP contribution in [0.4, 0.5) is 14.9 Å². The lowest BCUT2D eigenvalue weighted by Crippen LogP contribution is -2.47. The zero-order valence-electron chi connectivity index (χ0n) is 17.3. The molecule has 1 heterocycles. The quantitative estimate of drug-likeness (QED) is 0.754. The molecular formula is C23H34FN3O2. The summed E-state index contributed by atoms with van der Waals surface area (Å²) in [6, 6.07) is 5.69. The molecule has 3 rings (SSSR count). The fourth-order valence-electron chi connectivity index (χ4n) is 4.39. The molecule has 0 aromatic heterocycles. The van der Waals surface area contributed by atoms with Crippen LogP contribution in [0.1, 0.15) is 77.0 Å². The van der Waals surface area contributed by atoms with Crippen LogP contribution in [0.3, 0.4) is 0 Å². The maximum atomic E-state index is 13.1. The Morgan fingerprint density at radius 1 is 0.828 bits per heavy atom. The zero-order valence-corrected chi connectivity index (χ0v) is 17.3. The van der Waals surface area contributed by atoms with Crippen LogP contribution in [0.5, 0.6) is 0 Å². The fraction of sp³-hybridized carbons (Fsp3) is 0.652. The second-order valence-corrected chi connectivity index (χ2v) is 8.46. The van der Waals surface area contributed by atoms with Crippen molar-refractivity contribution >= 4 is 17.6 Å². The maximum absolute atomic E-state index is 13.1. The van der Waals surface area contributed by atoms with Crippen LogP contribution in [0.15, 0.2) is 24.3 Å². The van der Waals surface area contributed by atoms with E-state index in [0.29, 0.717) is 12.2 Å². The van der Waals surface area contributed by atoms with Crippen LogP contribution in [0, 0.1) is 5.82 Å². The van der Waals surface area contributed by atoms with Gasteiger partial charge < -0.3 is 15.5 Å². The molecule has 1 atom stereocenters. The third kappa shape index (κ3) is 7.02. The van der Waals surface area contributed by atoms with E-state index in [1.54, 1.807) is 17.0 Å². The standard InChI is InChI=1S/C23H34FN3O2/c24-18-12-14-21(15-13-18)27-17-20(16-22(27)28)26-23(29)25-19-10-8-6-4-2-1-3-5-7-9-11-19/h12-15,19-20H,1-11,16-17H2,(H2,25,26,29). The number of hydrogen-bond donors (Lipinski definition) is 2. The molecule has 3 amide bonds. The van der Waals surface area contributed by atoms with E-state index in [4.69, 9.17) is 0 Å². The molecule has 0 spiro atoms. The van der Waals surface area contributed by atoms with E-state index in [1.165, 1.54) is 57.1 Å². The Labute approximate surface area is 173 Å². The van der Waals surface area contributed by atoms with Crippen molar-refractivity contribution in [1.29, 1.82) is 0 Å². The second-order valence-electron chi connectivity index (χ2n) is 8.46. The Balaban J connectivity index is 1.47. The van der Waals surface area contributed by atoms with Crippen molar-refractivity contribution in [3.05, 3.63) is 30.1 Å². The van der Waals surface area contributed by atoms with Gasteiger partial charge in [0.05, 0.1) is 6.04 Å². The van der Waals surface area contributed by atoms with Crippen molar-refractivity contribution in [2.75, 3.05) is 11.4 Å². The van der Waals surface area contributed by atoms with E-state index in [1.807, 2.05) is 0 Å². The van der Waals surface area contributed by atoms with Crippen LogP contribution >= 0.6 is 0 Å². The molecular weight excluding hydrogens is 369 g/mol. The summed E-state index contributed by atoms with van der Waals surface area (Å²) in [5.74, 6) is -0.376. The second kappa shape index (κ2) is 11.2. The van der Waals surface area contributed by atoms with Gasteiger partial charge in [0.2, 0.25) is 5.91 Å². The SMILES string of the molecule is O=C(NC1CCCCCCCCCCC1)NC1CC(=O)N(c2ccc(F)cc2)C1. The van der Waals surface area contributed by atoms with Gasteiger partial charge in [-0.05, 0) is 37.1 Å². The maximum Gasteiger partial charge on any atom is 0.315 e. The summed E-state index contributed by atoms with van der Waals surface area (Å²) in [5.41, 5.74) is 0.667. The van der Waals surface area contributed by atoms with Gasteiger partial charge in [-0.15, -0.1) is 0 Å². The average Bonchev–Trinajstić information content (AvgIpc) is 3.04. The molecule has 6 heteroatoms. The number of hydrogen-bond acceptors (Lipinski definition) is 2. The number of amides is 3. The molecule has 5 nitrogen and oxygen atoms in total. The number of nitrogens with one attached hydrogen (secondary N) is 2. The molecule has 1 unspecified atom stereocenters. The highest BCUT2D eigenvalue weighted by atomic mass is 19.1. The minimum Gasteiger partial charge on any atom is -0.335 e. The van der Waals surface area contributed by atoms with Crippen LogP contribution in [0.2, 0.25) is 0 Å². The van der Waals surface area contributed by atoms with E-state index in [0.717, 1.165) is 25.7 Å². The van der Waals surface area contributed by atoms with Crippen molar-refractivity contribution in [3.63, 3.8) is 0 Å². The van der Waals surface area contributed by atoms with Crippen LogP contribution in [-0.2, 0) is 4.79 Å². The largest absolute Gasteiger partial charge is 0.335 e. The van der Waals surface area contributed by atoms with Crippen molar-refractivity contribution < 1.29 is 14.0 Å². The van der Waals surface area contributed by atoms with Crippen molar-refractivity contribution in [2.45, 2.75) is 89.1 Å². The van der Waals surface area contributed by atoms with Gasteiger partial charge in [-0.25, -0.2) is 9.18 Å². The van der Waals surface area contributed by atoms with Gasteiger partial charge in [0.15, 0.2) is 0 Å². The lowest BCUT2D eigenvalue weighted by molar-refractivity contribution is -0.117. The Hall–Kier alpha value is -2.11. The molecule has 1 aromatic rings.